The van der Waals surface area contributed by atoms with Gasteiger partial charge in [-0.15, -0.1) is 5.10 Å². The van der Waals surface area contributed by atoms with Crippen molar-refractivity contribution >= 4 is 5.91 Å². The Morgan fingerprint density at radius 1 is 1.42 bits per heavy atom. The predicted octanol–water partition coefficient (Wildman–Crippen LogP) is 0.454. The van der Waals surface area contributed by atoms with E-state index in [-0.39, 0.29) is 18.6 Å². The lowest BCUT2D eigenvalue weighted by atomic mass is 10.0. The molecule has 0 aromatic carbocycles. The van der Waals surface area contributed by atoms with Crippen molar-refractivity contribution in [2.45, 2.75) is 45.2 Å². The summed E-state index contributed by atoms with van der Waals surface area (Å²) in [5.74, 6) is 0.228. The van der Waals surface area contributed by atoms with Crippen molar-refractivity contribution in [1.29, 1.82) is 0 Å². The van der Waals surface area contributed by atoms with E-state index in [0.717, 1.165) is 37.1 Å². The van der Waals surface area contributed by atoms with Crippen molar-refractivity contribution in [3.8, 4) is 0 Å². The maximum Gasteiger partial charge on any atom is 0.272 e. The van der Waals surface area contributed by atoms with Crippen LogP contribution in [0.15, 0.2) is 12.4 Å². The maximum atomic E-state index is 12.5. The number of amides is 1. The molecule has 3 rings (SSSR count). The van der Waals surface area contributed by atoms with Gasteiger partial charge in [-0.1, -0.05) is 11.6 Å². The number of carbonyl (C=O) groups excluding carboxylic acids is 1. The highest BCUT2D eigenvalue weighted by Gasteiger charge is 2.30. The third kappa shape index (κ3) is 3.64. The number of aliphatic hydroxyl groups excluding tert-OH is 1. The first-order valence-electron chi connectivity index (χ1n) is 8.38. The average molecular weight is 332 g/mol. The van der Waals surface area contributed by atoms with Crippen LogP contribution in [0, 0.1) is 12.8 Å². The minimum Gasteiger partial charge on any atom is -0.396 e. The van der Waals surface area contributed by atoms with Gasteiger partial charge >= 0.3 is 0 Å². The predicted molar refractivity (Wildman–Crippen MR) is 87.4 cm³/mol. The number of rotatable bonds is 6. The molecule has 1 saturated carbocycles. The molecule has 1 amide bonds. The molecule has 0 spiro atoms. The SMILES string of the molecule is Cc1cn(C)nc1C(=O)N[C@@H]1CCC[C@@H]1Cn1cc(CCO)nn1. The smallest absolute Gasteiger partial charge is 0.272 e. The van der Waals surface area contributed by atoms with Gasteiger partial charge in [-0.05, 0) is 25.7 Å². The summed E-state index contributed by atoms with van der Waals surface area (Å²) in [6, 6.07) is 0.129. The van der Waals surface area contributed by atoms with E-state index in [4.69, 9.17) is 5.11 Å². The minimum absolute atomic E-state index is 0.0736. The fraction of sp³-hybridized carbons (Fsp3) is 0.625. The van der Waals surface area contributed by atoms with Crippen LogP contribution in [0.4, 0.5) is 0 Å². The van der Waals surface area contributed by atoms with Crippen LogP contribution in [0.5, 0.6) is 0 Å². The number of nitrogens with one attached hydrogen (secondary N) is 1. The molecule has 2 aromatic rings. The van der Waals surface area contributed by atoms with Gasteiger partial charge in [0.15, 0.2) is 5.69 Å². The molecule has 2 atom stereocenters. The van der Waals surface area contributed by atoms with E-state index in [2.05, 4.69) is 20.7 Å². The molecule has 2 heterocycles. The summed E-state index contributed by atoms with van der Waals surface area (Å²) < 4.78 is 3.47. The summed E-state index contributed by atoms with van der Waals surface area (Å²) in [4.78, 5) is 12.5. The van der Waals surface area contributed by atoms with E-state index in [1.807, 2.05) is 31.0 Å². The number of carbonyl (C=O) groups is 1. The van der Waals surface area contributed by atoms with Crippen LogP contribution in [-0.2, 0) is 20.0 Å². The molecule has 0 saturated heterocycles. The summed E-state index contributed by atoms with van der Waals surface area (Å²) in [5, 5.41) is 24.5. The van der Waals surface area contributed by atoms with E-state index in [1.165, 1.54) is 0 Å². The van der Waals surface area contributed by atoms with Crippen LogP contribution in [0.1, 0.15) is 41.0 Å². The van der Waals surface area contributed by atoms with Gasteiger partial charge in [0.1, 0.15) is 0 Å². The first-order valence-corrected chi connectivity index (χ1v) is 8.38. The highest BCUT2D eigenvalue weighted by Crippen LogP contribution is 2.27. The molecule has 1 aliphatic rings. The van der Waals surface area contributed by atoms with Gasteiger partial charge in [-0.2, -0.15) is 5.10 Å². The lowest BCUT2D eigenvalue weighted by Gasteiger charge is -2.20. The molecule has 24 heavy (non-hydrogen) atoms. The van der Waals surface area contributed by atoms with Crippen molar-refractivity contribution in [1.82, 2.24) is 30.1 Å². The summed E-state index contributed by atoms with van der Waals surface area (Å²) in [5.41, 5.74) is 2.17. The summed E-state index contributed by atoms with van der Waals surface area (Å²) in [6.07, 6.45) is 7.36. The highest BCUT2D eigenvalue weighted by atomic mass is 16.3. The number of nitrogens with zero attached hydrogens (tertiary/aromatic N) is 5. The largest absolute Gasteiger partial charge is 0.396 e. The molecule has 0 unspecified atom stereocenters. The molecular formula is C16H24N6O2. The van der Waals surface area contributed by atoms with Gasteiger partial charge < -0.3 is 10.4 Å². The molecule has 1 fully saturated rings. The molecule has 1 aliphatic carbocycles. The Hall–Kier alpha value is -2.22. The van der Waals surface area contributed by atoms with Crippen LogP contribution in [-0.4, -0.2) is 48.4 Å². The molecule has 0 aliphatic heterocycles. The van der Waals surface area contributed by atoms with Crippen molar-refractivity contribution in [2.75, 3.05) is 6.61 Å². The number of hydrogen-bond donors (Lipinski definition) is 2. The third-order valence-electron chi connectivity index (χ3n) is 4.58. The zero-order chi connectivity index (χ0) is 17.1. The Bertz CT molecular complexity index is 707. The number of aliphatic hydroxyl groups is 1. The molecular weight excluding hydrogens is 308 g/mol. The Morgan fingerprint density at radius 3 is 2.96 bits per heavy atom. The second-order valence-electron chi connectivity index (χ2n) is 6.51. The van der Waals surface area contributed by atoms with Gasteiger partial charge in [0.25, 0.3) is 5.91 Å². The van der Waals surface area contributed by atoms with E-state index >= 15 is 0 Å². The standard InChI is InChI=1S/C16H24N6O2/c1-11-8-21(2)19-15(11)16(24)17-14-5-3-4-12(14)9-22-10-13(6-7-23)18-20-22/h8,10,12,14,23H,3-7,9H2,1-2H3,(H,17,24)/t12-,14-/m1/s1. The molecule has 8 nitrogen and oxygen atoms in total. The van der Waals surface area contributed by atoms with E-state index in [0.29, 0.717) is 18.0 Å². The highest BCUT2D eigenvalue weighted by molar-refractivity contribution is 5.93. The van der Waals surface area contributed by atoms with Crippen molar-refractivity contribution in [3.05, 3.63) is 29.3 Å². The van der Waals surface area contributed by atoms with E-state index in [9.17, 15) is 4.79 Å². The van der Waals surface area contributed by atoms with Crippen LogP contribution >= 0.6 is 0 Å². The van der Waals surface area contributed by atoms with Crippen LogP contribution < -0.4 is 5.32 Å². The van der Waals surface area contributed by atoms with Crippen molar-refractivity contribution < 1.29 is 9.90 Å². The van der Waals surface area contributed by atoms with Crippen LogP contribution in [0.3, 0.4) is 0 Å². The summed E-state index contributed by atoms with van der Waals surface area (Å²) in [7, 11) is 1.82. The minimum atomic E-state index is -0.107. The van der Waals surface area contributed by atoms with Crippen LogP contribution in [0.2, 0.25) is 0 Å². The van der Waals surface area contributed by atoms with Gasteiger partial charge in [0.2, 0.25) is 0 Å². The zero-order valence-corrected chi connectivity index (χ0v) is 14.1. The Labute approximate surface area is 140 Å². The van der Waals surface area contributed by atoms with Gasteiger partial charge in [0.05, 0.1) is 5.69 Å². The quantitative estimate of drug-likeness (QED) is 0.800. The Morgan fingerprint density at radius 2 is 2.25 bits per heavy atom. The van der Waals surface area contributed by atoms with Crippen LogP contribution in [0.25, 0.3) is 0 Å². The van der Waals surface area contributed by atoms with E-state index < -0.39 is 0 Å². The third-order valence-corrected chi connectivity index (χ3v) is 4.58. The second kappa shape index (κ2) is 7.12. The second-order valence-corrected chi connectivity index (χ2v) is 6.51. The zero-order valence-electron chi connectivity index (χ0n) is 14.1. The van der Waals surface area contributed by atoms with Crippen molar-refractivity contribution in [2.24, 2.45) is 13.0 Å². The molecule has 2 aromatic heterocycles. The number of aryl methyl sites for hydroxylation is 2. The van der Waals surface area contributed by atoms with Gasteiger partial charge in [-0.25, -0.2) is 0 Å². The van der Waals surface area contributed by atoms with E-state index in [1.54, 1.807) is 4.68 Å². The fourth-order valence-electron chi connectivity index (χ4n) is 3.41. The average Bonchev–Trinajstić information content (AvgIpc) is 3.23. The number of aromatic nitrogens is 5. The normalized spacial score (nSPS) is 20.5. The molecule has 0 radical (unpaired) electrons. The molecule has 130 valence electrons. The first kappa shape index (κ1) is 16.6. The van der Waals surface area contributed by atoms with Gasteiger partial charge in [-0.3, -0.25) is 14.2 Å². The Kier molecular flexibility index (Phi) is 4.94. The monoisotopic (exact) mass is 332 g/mol. The van der Waals surface area contributed by atoms with Crippen molar-refractivity contribution in [3.63, 3.8) is 0 Å². The molecule has 8 heteroatoms. The topological polar surface area (TPSA) is 97.9 Å². The van der Waals surface area contributed by atoms with Gasteiger partial charge in [0, 0.05) is 50.6 Å². The lowest BCUT2D eigenvalue weighted by Crippen LogP contribution is -2.39. The molecule has 0 bridgehead atoms. The maximum absolute atomic E-state index is 12.5. The lowest BCUT2D eigenvalue weighted by molar-refractivity contribution is 0.0918. The summed E-state index contributed by atoms with van der Waals surface area (Å²) >= 11 is 0. The first-order chi connectivity index (χ1) is 11.6. The molecule has 2 N–H and O–H groups in total. The number of hydrogen-bond acceptors (Lipinski definition) is 5. The Balaban J connectivity index is 1.62. The fourth-order valence-corrected chi connectivity index (χ4v) is 3.41. The summed E-state index contributed by atoms with van der Waals surface area (Å²) in [6.45, 7) is 2.70.